The number of benzene rings is 2. The molecular formula is C16H13BrClFN2. The molecule has 0 radical (unpaired) electrons. The maximum Gasteiger partial charge on any atom is 0.128 e. The smallest absolute Gasteiger partial charge is 0.128 e. The number of nitrogens with zero attached hydrogens (tertiary/aromatic N) is 2. The third kappa shape index (κ3) is 2.58. The van der Waals surface area contributed by atoms with Crippen molar-refractivity contribution in [2.24, 2.45) is 0 Å². The molecule has 1 heterocycles. The summed E-state index contributed by atoms with van der Waals surface area (Å²) in [4.78, 5) is 4.54. The number of alkyl halides is 1. The highest BCUT2D eigenvalue weighted by Crippen LogP contribution is 2.29. The second-order valence-electron chi connectivity index (χ2n) is 4.86. The zero-order chi connectivity index (χ0) is 15.0. The van der Waals surface area contributed by atoms with E-state index in [0.29, 0.717) is 5.56 Å². The fourth-order valence-electron chi connectivity index (χ4n) is 2.60. The molecule has 21 heavy (non-hydrogen) atoms. The van der Waals surface area contributed by atoms with Gasteiger partial charge < -0.3 is 4.57 Å². The minimum absolute atomic E-state index is 0.181. The van der Waals surface area contributed by atoms with E-state index in [2.05, 4.69) is 20.9 Å². The Bertz CT molecular complexity index is 800. The lowest BCUT2D eigenvalue weighted by Gasteiger charge is -2.18. The first kappa shape index (κ1) is 14.5. The molecule has 0 saturated carbocycles. The van der Waals surface area contributed by atoms with Crippen LogP contribution in [0.2, 0.25) is 0 Å². The van der Waals surface area contributed by atoms with Gasteiger partial charge in [0.05, 0.1) is 23.0 Å². The Morgan fingerprint density at radius 2 is 2.05 bits per heavy atom. The second-order valence-corrected chi connectivity index (χ2v) is 6.05. The molecule has 5 heteroatoms. The number of halogens is 3. The van der Waals surface area contributed by atoms with Crippen LogP contribution in [0.1, 0.15) is 24.4 Å². The Morgan fingerprint density at radius 3 is 2.76 bits per heavy atom. The Labute approximate surface area is 135 Å². The molecule has 0 spiro atoms. The van der Waals surface area contributed by atoms with Crippen LogP contribution in [0.5, 0.6) is 0 Å². The van der Waals surface area contributed by atoms with E-state index in [-0.39, 0.29) is 17.7 Å². The number of fused-ring (bicyclic) bond motifs is 1. The van der Waals surface area contributed by atoms with Crippen molar-refractivity contribution in [3.05, 3.63) is 64.1 Å². The molecule has 0 aliphatic heterocycles. The fraction of sp³-hybridized carbons (Fsp3) is 0.188. The van der Waals surface area contributed by atoms with Crippen LogP contribution in [-0.4, -0.2) is 9.55 Å². The summed E-state index contributed by atoms with van der Waals surface area (Å²) in [5.41, 5.74) is 2.43. The average Bonchev–Trinajstić information content (AvgIpc) is 2.84. The molecule has 1 atom stereocenters. The molecular weight excluding hydrogens is 355 g/mol. The molecule has 108 valence electrons. The summed E-state index contributed by atoms with van der Waals surface area (Å²) in [7, 11) is 0. The van der Waals surface area contributed by atoms with Gasteiger partial charge in [0.15, 0.2) is 0 Å². The fourth-order valence-corrected chi connectivity index (χ4v) is 3.13. The van der Waals surface area contributed by atoms with Gasteiger partial charge in [0.1, 0.15) is 11.6 Å². The summed E-state index contributed by atoms with van der Waals surface area (Å²) in [5, 5.41) is 0. The highest BCUT2D eigenvalue weighted by molar-refractivity contribution is 9.10. The molecule has 3 rings (SSSR count). The van der Waals surface area contributed by atoms with Gasteiger partial charge >= 0.3 is 0 Å². The summed E-state index contributed by atoms with van der Waals surface area (Å²) < 4.78 is 17.0. The van der Waals surface area contributed by atoms with Gasteiger partial charge in [-0.25, -0.2) is 9.37 Å². The van der Waals surface area contributed by atoms with Crippen LogP contribution < -0.4 is 0 Å². The Morgan fingerprint density at radius 1 is 1.29 bits per heavy atom. The van der Waals surface area contributed by atoms with E-state index in [0.717, 1.165) is 21.3 Å². The van der Waals surface area contributed by atoms with Gasteiger partial charge in [-0.3, -0.25) is 0 Å². The maximum absolute atomic E-state index is 14.1. The minimum atomic E-state index is -0.220. The Balaban J connectivity index is 2.23. The van der Waals surface area contributed by atoms with Gasteiger partial charge in [0.25, 0.3) is 0 Å². The first-order valence-corrected chi connectivity index (χ1v) is 7.91. The highest BCUT2D eigenvalue weighted by Gasteiger charge is 2.19. The topological polar surface area (TPSA) is 17.8 Å². The first-order chi connectivity index (χ1) is 10.1. The number of imidazole rings is 1. The predicted molar refractivity (Wildman–Crippen MR) is 87.2 cm³/mol. The molecule has 0 N–H and O–H groups in total. The Kier molecular flexibility index (Phi) is 4.00. The van der Waals surface area contributed by atoms with E-state index in [1.54, 1.807) is 12.1 Å². The lowest BCUT2D eigenvalue weighted by molar-refractivity contribution is 0.556. The molecule has 2 nitrogen and oxygen atoms in total. The van der Waals surface area contributed by atoms with E-state index >= 15 is 0 Å². The zero-order valence-corrected chi connectivity index (χ0v) is 13.7. The quantitative estimate of drug-likeness (QED) is 0.575. The van der Waals surface area contributed by atoms with Gasteiger partial charge in [-0.15, -0.1) is 11.6 Å². The summed E-state index contributed by atoms with van der Waals surface area (Å²) in [6.07, 6.45) is 0. The summed E-state index contributed by atoms with van der Waals surface area (Å²) in [6.45, 7) is 1.95. The van der Waals surface area contributed by atoms with Crippen LogP contribution in [0.3, 0.4) is 0 Å². The standard InChI is InChI=1S/C16H13BrClFN2/c1-10(12-4-2-3-5-13(12)19)21-15-8-11(17)6-7-14(15)20-16(21)9-18/h2-8,10H,9H2,1H3. The molecule has 0 aliphatic carbocycles. The van der Waals surface area contributed by atoms with Gasteiger partial charge in [0.2, 0.25) is 0 Å². The van der Waals surface area contributed by atoms with Gasteiger partial charge in [0, 0.05) is 10.0 Å². The number of aromatic nitrogens is 2. The SMILES string of the molecule is CC(c1ccccc1F)n1c(CCl)nc2ccc(Br)cc21. The van der Waals surface area contributed by atoms with Crippen molar-refractivity contribution in [1.29, 1.82) is 0 Å². The van der Waals surface area contributed by atoms with Crippen molar-refractivity contribution in [2.75, 3.05) is 0 Å². The van der Waals surface area contributed by atoms with Gasteiger partial charge in [-0.05, 0) is 31.2 Å². The monoisotopic (exact) mass is 366 g/mol. The van der Waals surface area contributed by atoms with Crippen LogP contribution >= 0.6 is 27.5 Å². The van der Waals surface area contributed by atoms with E-state index in [1.165, 1.54) is 6.07 Å². The van der Waals surface area contributed by atoms with E-state index in [4.69, 9.17) is 11.6 Å². The van der Waals surface area contributed by atoms with Crippen LogP contribution in [0, 0.1) is 5.82 Å². The number of rotatable bonds is 3. The summed E-state index contributed by atoms with van der Waals surface area (Å²) >= 11 is 9.50. The number of hydrogen-bond acceptors (Lipinski definition) is 1. The van der Waals surface area contributed by atoms with Crippen molar-refractivity contribution in [1.82, 2.24) is 9.55 Å². The van der Waals surface area contributed by atoms with Crippen molar-refractivity contribution in [3.63, 3.8) is 0 Å². The molecule has 0 aliphatic rings. The molecule has 1 aromatic heterocycles. The first-order valence-electron chi connectivity index (χ1n) is 6.58. The zero-order valence-electron chi connectivity index (χ0n) is 11.4. The van der Waals surface area contributed by atoms with Crippen molar-refractivity contribution in [2.45, 2.75) is 18.8 Å². The van der Waals surface area contributed by atoms with E-state index in [1.807, 2.05) is 35.8 Å². The predicted octanol–water partition coefficient (Wildman–Crippen LogP) is 5.29. The van der Waals surface area contributed by atoms with Crippen molar-refractivity contribution < 1.29 is 4.39 Å². The van der Waals surface area contributed by atoms with Crippen LogP contribution in [0.25, 0.3) is 11.0 Å². The molecule has 0 amide bonds. The molecule has 0 saturated heterocycles. The highest BCUT2D eigenvalue weighted by atomic mass is 79.9. The van der Waals surface area contributed by atoms with Crippen molar-refractivity contribution >= 4 is 38.6 Å². The number of hydrogen-bond donors (Lipinski definition) is 0. The maximum atomic E-state index is 14.1. The Hall–Kier alpha value is -1.39. The molecule has 2 aromatic carbocycles. The van der Waals surface area contributed by atoms with Gasteiger partial charge in [-0.2, -0.15) is 0 Å². The molecule has 1 unspecified atom stereocenters. The lowest BCUT2D eigenvalue weighted by Crippen LogP contribution is -2.11. The molecule has 3 aromatic rings. The van der Waals surface area contributed by atoms with Crippen LogP contribution in [0.4, 0.5) is 4.39 Å². The van der Waals surface area contributed by atoms with Crippen LogP contribution in [0.15, 0.2) is 46.9 Å². The lowest BCUT2D eigenvalue weighted by atomic mass is 10.1. The van der Waals surface area contributed by atoms with E-state index < -0.39 is 0 Å². The largest absolute Gasteiger partial charge is 0.319 e. The van der Waals surface area contributed by atoms with Gasteiger partial charge in [-0.1, -0.05) is 34.1 Å². The third-order valence-corrected chi connectivity index (χ3v) is 4.32. The molecule has 0 bridgehead atoms. The van der Waals surface area contributed by atoms with Crippen LogP contribution in [-0.2, 0) is 5.88 Å². The summed E-state index contributed by atoms with van der Waals surface area (Å²) in [5.74, 6) is 0.799. The second kappa shape index (κ2) is 5.78. The normalized spacial score (nSPS) is 12.8. The van der Waals surface area contributed by atoms with Crippen molar-refractivity contribution in [3.8, 4) is 0 Å². The third-order valence-electron chi connectivity index (χ3n) is 3.59. The minimum Gasteiger partial charge on any atom is -0.319 e. The van der Waals surface area contributed by atoms with E-state index in [9.17, 15) is 4.39 Å². The molecule has 0 fully saturated rings. The summed E-state index contributed by atoms with van der Waals surface area (Å²) in [6, 6.07) is 12.5. The average molecular weight is 368 g/mol.